The second kappa shape index (κ2) is 10.5. The fourth-order valence-corrected chi connectivity index (χ4v) is 2.47. The highest BCUT2D eigenvalue weighted by atomic mass is 35.5. The molecule has 1 aliphatic heterocycles. The van der Waals surface area contributed by atoms with Crippen molar-refractivity contribution in [2.24, 2.45) is 5.73 Å². The number of carbonyl (C=O) groups excluding carboxylic acids is 2. The van der Waals surface area contributed by atoms with Gasteiger partial charge in [-0.2, -0.15) is 0 Å². The standard InChI is InChI=1S/C11H21N3O2S.ClH/c12-4-5-13-10(15)8-17-9-11(16)14-6-2-1-3-7-14;/h1-9,12H2,(H,13,15);1H. The summed E-state index contributed by atoms with van der Waals surface area (Å²) in [7, 11) is 0. The van der Waals surface area contributed by atoms with Crippen LogP contribution < -0.4 is 11.1 Å². The van der Waals surface area contributed by atoms with E-state index in [9.17, 15) is 9.59 Å². The Morgan fingerprint density at radius 2 is 1.83 bits per heavy atom. The van der Waals surface area contributed by atoms with Crippen molar-refractivity contribution in [1.29, 1.82) is 0 Å². The molecule has 18 heavy (non-hydrogen) atoms. The largest absolute Gasteiger partial charge is 0.354 e. The minimum atomic E-state index is -0.0492. The summed E-state index contributed by atoms with van der Waals surface area (Å²) in [5, 5.41) is 2.68. The molecule has 0 aromatic heterocycles. The first kappa shape index (κ1) is 17.5. The third-order valence-electron chi connectivity index (χ3n) is 2.63. The van der Waals surface area contributed by atoms with Crippen molar-refractivity contribution in [2.75, 3.05) is 37.7 Å². The molecule has 0 aliphatic carbocycles. The zero-order valence-corrected chi connectivity index (χ0v) is 12.2. The lowest BCUT2D eigenvalue weighted by Gasteiger charge is -2.26. The van der Waals surface area contributed by atoms with E-state index < -0.39 is 0 Å². The molecular formula is C11H22ClN3O2S. The van der Waals surface area contributed by atoms with E-state index in [2.05, 4.69) is 5.32 Å². The van der Waals surface area contributed by atoms with E-state index >= 15 is 0 Å². The van der Waals surface area contributed by atoms with Crippen molar-refractivity contribution in [3.8, 4) is 0 Å². The number of nitrogens with zero attached hydrogens (tertiary/aromatic N) is 1. The van der Waals surface area contributed by atoms with Crippen molar-refractivity contribution >= 4 is 36.0 Å². The fourth-order valence-electron chi connectivity index (χ4n) is 1.73. The third kappa shape index (κ3) is 7.08. The van der Waals surface area contributed by atoms with Crippen LogP contribution in [0.25, 0.3) is 0 Å². The van der Waals surface area contributed by atoms with E-state index in [0.717, 1.165) is 25.9 Å². The van der Waals surface area contributed by atoms with E-state index in [1.165, 1.54) is 18.2 Å². The first-order valence-corrected chi connectivity index (χ1v) is 7.22. The van der Waals surface area contributed by atoms with Gasteiger partial charge in [0, 0.05) is 26.2 Å². The average Bonchev–Trinajstić information content (AvgIpc) is 2.37. The zero-order valence-electron chi connectivity index (χ0n) is 10.5. The van der Waals surface area contributed by atoms with Gasteiger partial charge in [0.05, 0.1) is 11.5 Å². The molecule has 1 fully saturated rings. The van der Waals surface area contributed by atoms with Gasteiger partial charge in [-0.05, 0) is 19.3 Å². The number of amides is 2. The first-order valence-electron chi connectivity index (χ1n) is 6.06. The Morgan fingerprint density at radius 1 is 1.17 bits per heavy atom. The lowest BCUT2D eigenvalue weighted by atomic mass is 10.1. The number of hydrogen-bond donors (Lipinski definition) is 2. The van der Waals surface area contributed by atoms with Gasteiger partial charge in [-0.3, -0.25) is 9.59 Å². The number of carbonyl (C=O) groups is 2. The molecule has 1 rings (SSSR count). The molecule has 0 aromatic carbocycles. The molecule has 0 radical (unpaired) electrons. The lowest BCUT2D eigenvalue weighted by Crippen LogP contribution is -2.37. The van der Waals surface area contributed by atoms with Gasteiger partial charge in [0.2, 0.25) is 11.8 Å². The number of hydrogen-bond acceptors (Lipinski definition) is 4. The predicted molar refractivity (Wildman–Crippen MR) is 77.1 cm³/mol. The summed E-state index contributed by atoms with van der Waals surface area (Å²) in [6, 6.07) is 0. The van der Waals surface area contributed by atoms with Crippen LogP contribution in [0.1, 0.15) is 19.3 Å². The van der Waals surface area contributed by atoms with Gasteiger partial charge in [-0.1, -0.05) is 0 Å². The Labute approximate surface area is 119 Å². The maximum absolute atomic E-state index is 11.7. The fraction of sp³-hybridized carbons (Fsp3) is 0.818. The Bertz CT molecular complexity index is 261. The summed E-state index contributed by atoms with van der Waals surface area (Å²) in [6.45, 7) is 2.69. The van der Waals surface area contributed by atoms with Gasteiger partial charge in [0.25, 0.3) is 0 Å². The topological polar surface area (TPSA) is 75.4 Å². The second-order valence-corrected chi connectivity index (χ2v) is 5.06. The predicted octanol–water partition coefficient (Wildman–Crippen LogP) is 0.229. The molecule has 1 heterocycles. The lowest BCUT2D eigenvalue weighted by molar-refractivity contribution is -0.129. The average molecular weight is 296 g/mol. The van der Waals surface area contributed by atoms with Crippen LogP contribution in [0.15, 0.2) is 0 Å². The Kier molecular flexibility index (Phi) is 10.2. The van der Waals surface area contributed by atoms with Gasteiger partial charge in [-0.15, -0.1) is 24.2 Å². The van der Waals surface area contributed by atoms with Gasteiger partial charge < -0.3 is 16.0 Å². The third-order valence-corrected chi connectivity index (χ3v) is 3.55. The summed E-state index contributed by atoms with van der Waals surface area (Å²) < 4.78 is 0. The molecule has 0 unspecified atom stereocenters. The van der Waals surface area contributed by atoms with Crippen molar-refractivity contribution in [2.45, 2.75) is 19.3 Å². The summed E-state index contributed by atoms with van der Waals surface area (Å²) >= 11 is 1.37. The minimum Gasteiger partial charge on any atom is -0.354 e. The second-order valence-electron chi connectivity index (χ2n) is 4.07. The summed E-state index contributed by atoms with van der Waals surface area (Å²) in [6.07, 6.45) is 3.43. The molecule has 3 N–H and O–H groups in total. The van der Waals surface area contributed by atoms with Gasteiger partial charge in [0.15, 0.2) is 0 Å². The Morgan fingerprint density at radius 3 is 2.44 bits per heavy atom. The van der Waals surface area contributed by atoms with Gasteiger partial charge >= 0.3 is 0 Å². The van der Waals surface area contributed by atoms with Crippen LogP contribution in [0.3, 0.4) is 0 Å². The van der Waals surface area contributed by atoms with Crippen molar-refractivity contribution < 1.29 is 9.59 Å². The van der Waals surface area contributed by atoms with E-state index in [4.69, 9.17) is 5.73 Å². The number of likely N-dealkylation sites (tertiary alicyclic amines) is 1. The number of thioether (sulfide) groups is 1. The van der Waals surface area contributed by atoms with E-state index in [1.807, 2.05) is 4.90 Å². The molecule has 7 heteroatoms. The first-order chi connectivity index (χ1) is 8.24. The molecule has 0 spiro atoms. The highest BCUT2D eigenvalue weighted by Gasteiger charge is 2.16. The summed E-state index contributed by atoms with van der Waals surface area (Å²) in [4.78, 5) is 24.9. The Hall–Kier alpha value is -0.460. The van der Waals surface area contributed by atoms with Crippen LogP contribution in [0.4, 0.5) is 0 Å². The highest BCUT2D eigenvalue weighted by Crippen LogP contribution is 2.11. The number of nitrogens with two attached hydrogens (primary N) is 1. The maximum atomic E-state index is 11.7. The van der Waals surface area contributed by atoms with Gasteiger partial charge in [-0.25, -0.2) is 0 Å². The number of rotatable bonds is 6. The minimum absolute atomic E-state index is 0. The smallest absolute Gasteiger partial charge is 0.232 e. The quantitative estimate of drug-likeness (QED) is 0.735. The van der Waals surface area contributed by atoms with Crippen LogP contribution in [0.2, 0.25) is 0 Å². The van der Waals surface area contributed by atoms with Crippen LogP contribution in [-0.4, -0.2) is 54.4 Å². The van der Waals surface area contributed by atoms with Gasteiger partial charge in [0.1, 0.15) is 0 Å². The number of nitrogens with one attached hydrogen (secondary N) is 1. The van der Waals surface area contributed by atoms with Crippen LogP contribution >= 0.6 is 24.2 Å². The molecule has 5 nitrogen and oxygen atoms in total. The Balaban J connectivity index is 0.00000289. The molecule has 2 amide bonds. The molecular weight excluding hydrogens is 274 g/mol. The summed E-state index contributed by atoms with van der Waals surface area (Å²) in [5.41, 5.74) is 5.27. The SMILES string of the molecule is Cl.NCCNC(=O)CSCC(=O)N1CCCCC1. The van der Waals surface area contributed by atoms with Crippen LogP contribution in [0.5, 0.6) is 0 Å². The molecule has 1 saturated heterocycles. The van der Waals surface area contributed by atoms with Crippen LogP contribution in [0, 0.1) is 0 Å². The van der Waals surface area contributed by atoms with E-state index in [0.29, 0.717) is 24.6 Å². The number of halogens is 1. The van der Waals surface area contributed by atoms with Crippen molar-refractivity contribution in [3.63, 3.8) is 0 Å². The maximum Gasteiger partial charge on any atom is 0.232 e. The summed E-state index contributed by atoms with van der Waals surface area (Å²) in [5.74, 6) is 0.837. The zero-order chi connectivity index (χ0) is 12.5. The van der Waals surface area contributed by atoms with E-state index in [1.54, 1.807) is 0 Å². The number of piperidine rings is 1. The van der Waals surface area contributed by atoms with Crippen molar-refractivity contribution in [3.05, 3.63) is 0 Å². The van der Waals surface area contributed by atoms with Crippen LogP contribution in [-0.2, 0) is 9.59 Å². The van der Waals surface area contributed by atoms with E-state index in [-0.39, 0.29) is 24.2 Å². The molecule has 0 saturated carbocycles. The van der Waals surface area contributed by atoms with Crippen molar-refractivity contribution in [1.82, 2.24) is 10.2 Å². The molecule has 0 bridgehead atoms. The highest BCUT2D eigenvalue weighted by molar-refractivity contribution is 8.00. The normalized spacial score (nSPS) is 14.8. The molecule has 1 aliphatic rings. The molecule has 106 valence electrons. The molecule has 0 atom stereocenters. The monoisotopic (exact) mass is 295 g/mol. The molecule has 0 aromatic rings.